The molecule has 1 aliphatic carbocycles. The number of hydrogen-bond acceptors (Lipinski definition) is 4. The Morgan fingerprint density at radius 3 is 2.89 bits per heavy atom. The predicted molar refractivity (Wildman–Crippen MR) is 107 cm³/mol. The van der Waals surface area contributed by atoms with E-state index < -0.39 is 0 Å². The average Bonchev–Trinajstić information content (AvgIpc) is 2.85. The van der Waals surface area contributed by atoms with Gasteiger partial charge in [-0.15, -0.1) is 0 Å². The molecule has 27 heavy (non-hydrogen) atoms. The van der Waals surface area contributed by atoms with Crippen LogP contribution in [0.2, 0.25) is 5.02 Å². The molecule has 0 fully saturated rings. The fraction of sp³-hybridized carbons (Fsp3) is 0.318. The molecule has 0 saturated carbocycles. The van der Waals surface area contributed by atoms with Crippen molar-refractivity contribution >= 4 is 28.9 Å². The van der Waals surface area contributed by atoms with Gasteiger partial charge in [0.05, 0.1) is 12.3 Å². The van der Waals surface area contributed by atoms with Gasteiger partial charge in [0.2, 0.25) is 0 Å². The van der Waals surface area contributed by atoms with E-state index in [-0.39, 0.29) is 5.97 Å². The summed E-state index contributed by atoms with van der Waals surface area (Å²) in [5.41, 5.74) is 7.46. The quantitative estimate of drug-likeness (QED) is 0.724. The third-order valence-corrected chi connectivity index (χ3v) is 5.33. The molecule has 1 aliphatic heterocycles. The Hall–Kier alpha value is -2.46. The van der Waals surface area contributed by atoms with Gasteiger partial charge in [-0.25, -0.2) is 4.79 Å². The molecule has 5 heteroatoms. The zero-order chi connectivity index (χ0) is 18.8. The number of carbonyl (C=O) groups excluding carboxylic acids is 1. The van der Waals surface area contributed by atoms with Gasteiger partial charge >= 0.3 is 5.97 Å². The molecule has 0 spiro atoms. The number of aromatic nitrogens is 1. The lowest BCUT2D eigenvalue weighted by molar-refractivity contribution is -0.135. The maximum absolute atomic E-state index is 12.2. The second-order valence-corrected chi connectivity index (χ2v) is 7.20. The molecule has 2 aliphatic rings. The van der Waals surface area contributed by atoms with Crippen LogP contribution >= 0.6 is 11.6 Å². The van der Waals surface area contributed by atoms with E-state index in [0.717, 1.165) is 41.1 Å². The summed E-state index contributed by atoms with van der Waals surface area (Å²) in [5, 5.41) is 0.745. The van der Waals surface area contributed by atoms with Crippen molar-refractivity contribution < 1.29 is 9.53 Å². The number of hydrogen-bond donors (Lipinski definition) is 0. The van der Waals surface area contributed by atoms with Gasteiger partial charge in [0.25, 0.3) is 0 Å². The van der Waals surface area contributed by atoms with Gasteiger partial charge in [0.15, 0.2) is 0 Å². The van der Waals surface area contributed by atoms with Crippen molar-refractivity contribution in [2.75, 3.05) is 13.2 Å². The Bertz CT molecular complexity index is 963. The van der Waals surface area contributed by atoms with Gasteiger partial charge in [-0.1, -0.05) is 29.3 Å². The van der Waals surface area contributed by atoms with Crippen LogP contribution in [0.5, 0.6) is 0 Å². The highest BCUT2D eigenvalue weighted by atomic mass is 35.5. The minimum Gasteiger partial charge on any atom is -0.462 e. The van der Waals surface area contributed by atoms with Crippen LogP contribution in [0.25, 0.3) is 5.57 Å². The number of esters is 1. The normalized spacial score (nSPS) is 18.8. The molecule has 2 heterocycles. The molecular formula is C22H21ClN2O2. The summed E-state index contributed by atoms with van der Waals surface area (Å²) in [4.78, 5) is 21.3. The van der Waals surface area contributed by atoms with E-state index in [1.807, 2.05) is 31.3 Å². The van der Waals surface area contributed by atoms with Gasteiger partial charge in [-0.05, 0) is 61.1 Å². The van der Waals surface area contributed by atoms with Crippen molar-refractivity contribution in [2.45, 2.75) is 32.6 Å². The number of nitrogens with zero attached hydrogens (tertiary/aromatic N) is 2. The van der Waals surface area contributed by atoms with Crippen LogP contribution < -0.4 is 0 Å². The zero-order valence-electron chi connectivity index (χ0n) is 15.3. The van der Waals surface area contributed by atoms with Crippen molar-refractivity contribution in [3.8, 4) is 0 Å². The van der Waals surface area contributed by atoms with Crippen LogP contribution in [-0.2, 0) is 22.4 Å². The lowest BCUT2D eigenvalue weighted by atomic mass is 9.88. The Morgan fingerprint density at radius 1 is 1.19 bits per heavy atom. The zero-order valence-corrected chi connectivity index (χ0v) is 16.1. The van der Waals surface area contributed by atoms with E-state index in [9.17, 15) is 4.79 Å². The molecule has 0 atom stereocenters. The Labute approximate surface area is 163 Å². The fourth-order valence-corrected chi connectivity index (χ4v) is 4.06. The standard InChI is InChI=1S/C22H21ClN2O2/c1-2-27-22(26)19-13-16(9-11-24-19)20-18-8-7-17(23)12-15(18)6-5-14-4-3-10-25-21(14)20/h3-4,7-8,10,12H,2,5-6,9,11,13H2,1H3. The number of ether oxygens (including phenoxy) is 1. The van der Waals surface area contributed by atoms with E-state index in [1.54, 1.807) is 0 Å². The highest BCUT2D eigenvalue weighted by molar-refractivity contribution is 6.37. The first-order valence-corrected chi connectivity index (χ1v) is 9.70. The topological polar surface area (TPSA) is 51.5 Å². The third kappa shape index (κ3) is 3.54. The molecule has 0 radical (unpaired) electrons. The average molecular weight is 381 g/mol. The largest absolute Gasteiger partial charge is 0.462 e. The molecule has 4 rings (SSSR count). The van der Waals surface area contributed by atoms with Gasteiger partial charge in [-0.2, -0.15) is 0 Å². The molecule has 0 saturated heterocycles. The lowest BCUT2D eigenvalue weighted by Gasteiger charge is -2.21. The van der Waals surface area contributed by atoms with E-state index in [0.29, 0.717) is 25.3 Å². The molecule has 1 aromatic heterocycles. The number of rotatable bonds is 2. The summed E-state index contributed by atoms with van der Waals surface area (Å²) in [5.74, 6) is -0.318. The Morgan fingerprint density at radius 2 is 2.04 bits per heavy atom. The highest BCUT2D eigenvalue weighted by Crippen LogP contribution is 2.38. The van der Waals surface area contributed by atoms with Crippen molar-refractivity contribution in [1.29, 1.82) is 0 Å². The minimum atomic E-state index is -0.318. The van der Waals surface area contributed by atoms with Crippen molar-refractivity contribution in [2.24, 2.45) is 4.99 Å². The maximum Gasteiger partial charge on any atom is 0.352 e. The number of carbonyl (C=O) groups is 1. The smallest absolute Gasteiger partial charge is 0.352 e. The van der Waals surface area contributed by atoms with Crippen LogP contribution in [0.4, 0.5) is 0 Å². The number of benzene rings is 1. The summed E-state index contributed by atoms with van der Waals surface area (Å²) in [6, 6.07) is 10.2. The first-order chi connectivity index (χ1) is 13.2. The number of aliphatic imine (C=N–C) groups is 1. The summed E-state index contributed by atoms with van der Waals surface area (Å²) in [6.45, 7) is 2.76. The van der Waals surface area contributed by atoms with Crippen LogP contribution in [0.1, 0.15) is 42.1 Å². The summed E-state index contributed by atoms with van der Waals surface area (Å²) < 4.78 is 5.17. The maximum atomic E-state index is 12.2. The van der Waals surface area contributed by atoms with Crippen LogP contribution in [-0.4, -0.2) is 29.8 Å². The number of aryl methyl sites for hydroxylation is 2. The lowest BCUT2D eigenvalue weighted by Crippen LogP contribution is -2.22. The van der Waals surface area contributed by atoms with Crippen molar-refractivity contribution in [3.05, 3.63) is 69.5 Å². The van der Waals surface area contributed by atoms with E-state index in [1.165, 1.54) is 16.7 Å². The third-order valence-electron chi connectivity index (χ3n) is 5.09. The SMILES string of the molecule is CCOC(=O)C1=NCCC(=C2c3ccc(Cl)cc3CCc3cccnc32)C1. The number of fused-ring (bicyclic) bond motifs is 2. The predicted octanol–water partition coefficient (Wildman–Crippen LogP) is 4.43. The number of halogens is 1. The highest BCUT2D eigenvalue weighted by Gasteiger charge is 2.26. The molecule has 138 valence electrons. The minimum absolute atomic E-state index is 0.318. The van der Waals surface area contributed by atoms with Crippen LogP contribution in [0.15, 0.2) is 47.1 Å². The van der Waals surface area contributed by atoms with Gasteiger partial charge in [0.1, 0.15) is 5.71 Å². The summed E-state index contributed by atoms with van der Waals surface area (Å²) in [7, 11) is 0. The summed E-state index contributed by atoms with van der Waals surface area (Å²) >= 11 is 6.26. The second kappa shape index (κ2) is 7.65. The van der Waals surface area contributed by atoms with Crippen molar-refractivity contribution in [1.82, 2.24) is 4.98 Å². The molecule has 0 bridgehead atoms. The monoisotopic (exact) mass is 380 g/mol. The van der Waals surface area contributed by atoms with Gasteiger partial charge in [0, 0.05) is 29.8 Å². The number of pyridine rings is 1. The second-order valence-electron chi connectivity index (χ2n) is 6.77. The van der Waals surface area contributed by atoms with E-state index >= 15 is 0 Å². The Balaban J connectivity index is 1.87. The molecular weight excluding hydrogens is 360 g/mol. The molecule has 4 nitrogen and oxygen atoms in total. The van der Waals surface area contributed by atoms with Crippen molar-refractivity contribution in [3.63, 3.8) is 0 Å². The van der Waals surface area contributed by atoms with Crippen LogP contribution in [0.3, 0.4) is 0 Å². The molecule has 0 amide bonds. The molecule has 0 unspecified atom stereocenters. The van der Waals surface area contributed by atoms with E-state index in [4.69, 9.17) is 21.3 Å². The van der Waals surface area contributed by atoms with E-state index in [2.05, 4.69) is 17.1 Å². The molecule has 2 aromatic rings. The summed E-state index contributed by atoms with van der Waals surface area (Å²) in [6.07, 6.45) is 5.00. The first kappa shape index (κ1) is 17.9. The first-order valence-electron chi connectivity index (χ1n) is 9.33. The van der Waals surface area contributed by atoms with Crippen LogP contribution in [0, 0.1) is 0 Å². The van der Waals surface area contributed by atoms with Gasteiger partial charge < -0.3 is 4.74 Å². The molecule has 1 aromatic carbocycles. The fourth-order valence-electron chi connectivity index (χ4n) is 3.87. The Kier molecular flexibility index (Phi) is 5.08. The molecule has 0 N–H and O–H groups in total. The van der Waals surface area contributed by atoms with Gasteiger partial charge in [-0.3, -0.25) is 9.98 Å².